The van der Waals surface area contributed by atoms with Crippen LogP contribution in [0.15, 0.2) is 95.9 Å². The minimum atomic E-state index is -4.20. The van der Waals surface area contributed by atoms with Gasteiger partial charge in [0, 0.05) is 19.5 Å². The van der Waals surface area contributed by atoms with Gasteiger partial charge in [0.15, 0.2) is 0 Å². The number of rotatable bonds is 14. The quantitative estimate of drug-likeness (QED) is 0.137. The van der Waals surface area contributed by atoms with Gasteiger partial charge in [-0.25, -0.2) is 8.42 Å². The Balaban J connectivity index is 1.83. The van der Waals surface area contributed by atoms with Crippen molar-refractivity contribution < 1.29 is 18.0 Å². The number of benzene rings is 4. The molecule has 7 nitrogen and oxygen atoms in total. The molecule has 4 aromatic rings. The van der Waals surface area contributed by atoms with Crippen molar-refractivity contribution >= 4 is 50.7 Å². The molecular weight excluding hydrogens is 653 g/mol. The summed E-state index contributed by atoms with van der Waals surface area (Å²) in [5.41, 5.74) is 4.44. The van der Waals surface area contributed by atoms with Gasteiger partial charge in [-0.2, -0.15) is 0 Å². The highest BCUT2D eigenvalue weighted by Gasteiger charge is 2.35. The van der Waals surface area contributed by atoms with Crippen molar-refractivity contribution in [2.75, 3.05) is 17.4 Å². The molecular formula is C37H41Cl2N3O4S. The van der Waals surface area contributed by atoms with E-state index in [-0.39, 0.29) is 23.8 Å². The Morgan fingerprint density at radius 3 is 2.13 bits per heavy atom. The van der Waals surface area contributed by atoms with Gasteiger partial charge in [-0.05, 0) is 74.2 Å². The Morgan fingerprint density at radius 2 is 1.49 bits per heavy atom. The average Bonchev–Trinajstić information content (AvgIpc) is 3.04. The lowest BCUT2D eigenvalue weighted by Crippen LogP contribution is -2.53. The predicted octanol–water partition coefficient (Wildman–Crippen LogP) is 7.67. The number of amides is 2. The molecule has 0 aromatic heterocycles. The van der Waals surface area contributed by atoms with E-state index in [0.717, 1.165) is 33.8 Å². The maximum atomic E-state index is 14.6. The van der Waals surface area contributed by atoms with Crippen molar-refractivity contribution in [3.63, 3.8) is 0 Å². The zero-order valence-corrected chi connectivity index (χ0v) is 29.5. The van der Waals surface area contributed by atoms with Gasteiger partial charge in [-0.3, -0.25) is 13.9 Å². The van der Waals surface area contributed by atoms with Crippen molar-refractivity contribution in [2.45, 2.75) is 64.4 Å². The van der Waals surface area contributed by atoms with E-state index in [2.05, 4.69) is 5.32 Å². The minimum Gasteiger partial charge on any atom is -0.354 e. The third-order valence-corrected chi connectivity index (χ3v) is 10.5. The first kappa shape index (κ1) is 36.0. The van der Waals surface area contributed by atoms with Gasteiger partial charge in [0.25, 0.3) is 10.0 Å². The zero-order chi connectivity index (χ0) is 34.1. The second-order valence-electron chi connectivity index (χ2n) is 11.7. The topological polar surface area (TPSA) is 86.8 Å². The fourth-order valence-corrected chi connectivity index (χ4v) is 7.13. The summed E-state index contributed by atoms with van der Waals surface area (Å²) >= 11 is 12.6. The molecule has 1 unspecified atom stereocenters. The highest BCUT2D eigenvalue weighted by Crippen LogP contribution is 2.29. The molecule has 0 spiro atoms. The number of hydrogen-bond acceptors (Lipinski definition) is 4. The zero-order valence-electron chi connectivity index (χ0n) is 27.2. The van der Waals surface area contributed by atoms with E-state index < -0.39 is 28.5 Å². The molecule has 10 heteroatoms. The van der Waals surface area contributed by atoms with Crippen molar-refractivity contribution in [2.24, 2.45) is 0 Å². The van der Waals surface area contributed by atoms with Crippen LogP contribution in [0.1, 0.15) is 47.6 Å². The summed E-state index contributed by atoms with van der Waals surface area (Å²) in [6.45, 7) is 7.56. The molecule has 1 N–H and O–H groups in total. The van der Waals surface area contributed by atoms with Crippen LogP contribution >= 0.6 is 23.2 Å². The SMILES string of the molecule is CCCCNC(=O)C(Cc1ccccc1)N(Cc1ccc(Cl)c(Cl)c1)C(=O)CN(c1ccc(C)cc1C)S(=O)(=O)c1ccc(C)cc1. The molecule has 0 saturated carbocycles. The van der Waals surface area contributed by atoms with Crippen LogP contribution < -0.4 is 9.62 Å². The number of aryl methyl sites for hydroxylation is 3. The third-order valence-electron chi connectivity index (χ3n) is 7.95. The molecule has 0 aliphatic carbocycles. The van der Waals surface area contributed by atoms with E-state index >= 15 is 0 Å². The van der Waals surface area contributed by atoms with Crippen LogP contribution in [0.5, 0.6) is 0 Å². The highest BCUT2D eigenvalue weighted by atomic mass is 35.5. The molecule has 248 valence electrons. The summed E-state index contributed by atoms with van der Waals surface area (Å²) in [5, 5.41) is 3.66. The Bertz CT molecular complexity index is 1800. The summed E-state index contributed by atoms with van der Waals surface area (Å²) in [6.07, 6.45) is 1.89. The molecule has 0 aliphatic heterocycles. The second-order valence-corrected chi connectivity index (χ2v) is 14.4. The van der Waals surface area contributed by atoms with E-state index in [4.69, 9.17) is 23.2 Å². The van der Waals surface area contributed by atoms with Crippen LogP contribution in [-0.4, -0.2) is 44.3 Å². The van der Waals surface area contributed by atoms with E-state index in [9.17, 15) is 18.0 Å². The fourth-order valence-electron chi connectivity index (χ4n) is 5.33. The first-order valence-electron chi connectivity index (χ1n) is 15.6. The second kappa shape index (κ2) is 16.3. The largest absolute Gasteiger partial charge is 0.354 e. The lowest BCUT2D eigenvalue weighted by molar-refractivity contribution is -0.140. The smallest absolute Gasteiger partial charge is 0.264 e. The maximum absolute atomic E-state index is 14.6. The number of anilines is 1. The molecule has 47 heavy (non-hydrogen) atoms. The van der Waals surface area contributed by atoms with Crippen molar-refractivity contribution in [1.29, 1.82) is 0 Å². The normalized spacial score (nSPS) is 12.0. The van der Waals surface area contributed by atoms with Crippen molar-refractivity contribution in [1.82, 2.24) is 10.2 Å². The van der Waals surface area contributed by atoms with Crippen LogP contribution in [0.4, 0.5) is 5.69 Å². The Labute approximate surface area is 288 Å². The molecule has 0 heterocycles. The van der Waals surface area contributed by atoms with Crippen LogP contribution in [0.3, 0.4) is 0 Å². The summed E-state index contributed by atoms with van der Waals surface area (Å²) in [7, 11) is -4.20. The number of carbonyl (C=O) groups excluding carboxylic acids is 2. The molecule has 4 aromatic carbocycles. The predicted molar refractivity (Wildman–Crippen MR) is 190 cm³/mol. The number of carbonyl (C=O) groups is 2. The van der Waals surface area contributed by atoms with Crippen molar-refractivity contribution in [3.05, 3.63) is 129 Å². The number of hydrogen-bond donors (Lipinski definition) is 1. The number of unbranched alkanes of at least 4 members (excludes halogenated alkanes) is 1. The minimum absolute atomic E-state index is 0.000278. The molecule has 4 rings (SSSR count). The van der Waals surface area contributed by atoms with Gasteiger partial charge in [-0.1, -0.05) is 108 Å². The Hall–Kier alpha value is -3.85. The van der Waals surface area contributed by atoms with Crippen LogP contribution in [0.25, 0.3) is 0 Å². The molecule has 0 saturated heterocycles. The maximum Gasteiger partial charge on any atom is 0.264 e. The van der Waals surface area contributed by atoms with Gasteiger partial charge in [0.2, 0.25) is 11.8 Å². The summed E-state index contributed by atoms with van der Waals surface area (Å²) in [4.78, 5) is 30.0. The molecule has 0 aliphatic rings. The molecule has 0 radical (unpaired) electrons. The van der Waals surface area contributed by atoms with Gasteiger partial charge in [-0.15, -0.1) is 0 Å². The van der Waals surface area contributed by atoms with E-state index in [1.54, 1.807) is 48.5 Å². The molecule has 0 bridgehead atoms. The lowest BCUT2D eigenvalue weighted by Gasteiger charge is -2.34. The van der Waals surface area contributed by atoms with Gasteiger partial charge >= 0.3 is 0 Å². The third kappa shape index (κ3) is 9.37. The van der Waals surface area contributed by atoms with Crippen LogP contribution in [-0.2, 0) is 32.6 Å². The van der Waals surface area contributed by atoms with Crippen LogP contribution in [0.2, 0.25) is 10.0 Å². The highest BCUT2D eigenvalue weighted by molar-refractivity contribution is 7.92. The van der Waals surface area contributed by atoms with E-state index in [0.29, 0.717) is 33.4 Å². The standard InChI is InChI=1S/C37H41Cl2N3O4S/c1-5-6-20-40-37(44)35(23-29-10-8-7-9-11-29)41(24-30-15-18-32(38)33(39)22-30)36(43)25-42(34-19-14-27(3)21-28(34)4)47(45,46)31-16-12-26(2)13-17-31/h7-19,21-22,35H,5-6,20,23-25H2,1-4H3,(H,40,44). The average molecular weight is 695 g/mol. The lowest BCUT2D eigenvalue weighted by atomic mass is 10.0. The molecule has 0 fully saturated rings. The van der Waals surface area contributed by atoms with E-state index in [1.807, 2.05) is 70.2 Å². The number of nitrogens with zero attached hydrogens (tertiary/aromatic N) is 2. The first-order valence-corrected chi connectivity index (χ1v) is 17.8. The van der Waals surface area contributed by atoms with Crippen LogP contribution in [0, 0.1) is 20.8 Å². The number of sulfonamides is 1. The monoisotopic (exact) mass is 693 g/mol. The van der Waals surface area contributed by atoms with Gasteiger partial charge in [0.05, 0.1) is 20.6 Å². The van der Waals surface area contributed by atoms with E-state index in [1.165, 1.54) is 4.90 Å². The summed E-state index contributed by atoms with van der Waals surface area (Å²) < 4.78 is 29.7. The first-order chi connectivity index (χ1) is 22.4. The summed E-state index contributed by atoms with van der Waals surface area (Å²) in [6, 6.07) is 25.5. The Morgan fingerprint density at radius 1 is 0.809 bits per heavy atom. The number of halogens is 2. The molecule has 2 amide bonds. The summed E-state index contributed by atoms with van der Waals surface area (Å²) in [5.74, 6) is -0.867. The molecule has 1 atom stereocenters. The van der Waals surface area contributed by atoms with Gasteiger partial charge in [0.1, 0.15) is 12.6 Å². The Kier molecular flexibility index (Phi) is 12.5. The van der Waals surface area contributed by atoms with Crippen molar-refractivity contribution in [3.8, 4) is 0 Å². The van der Waals surface area contributed by atoms with Gasteiger partial charge < -0.3 is 10.2 Å². The number of nitrogens with one attached hydrogen (secondary N) is 1. The fraction of sp³-hybridized carbons (Fsp3) is 0.297.